The molecule has 4 aromatic rings. The Kier molecular flexibility index (Phi) is 4.59. The van der Waals surface area contributed by atoms with Crippen LogP contribution in [0.5, 0.6) is 5.75 Å². The van der Waals surface area contributed by atoms with Crippen molar-refractivity contribution < 1.29 is 9.53 Å². The number of rotatable bonds is 4. The molecule has 0 spiro atoms. The van der Waals surface area contributed by atoms with Gasteiger partial charge < -0.3 is 4.74 Å². The average molecular weight is 367 g/mol. The third-order valence-corrected chi connectivity index (χ3v) is 4.11. The van der Waals surface area contributed by atoms with Crippen LogP contribution in [0.25, 0.3) is 16.8 Å². The number of aromatic nitrogens is 4. The maximum atomic E-state index is 12.4. The van der Waals surface area contributed by atoms with Gasteiger partial charge in [-0.25, -0.2) is 9.48 Å². The number of nitriles is 1. The van der Waals surface area contributed by atoms with E-state index in [1.54, 1.807) is 48.5 Å². The van der Waals surface area contributed by atoms with Gasteiger partial charge in [0.1, 0.15) is 12.1 Å². The van der Waals surface area contributed by atoms with E-state index in [9.17, 15) is 4.79 Å². The van der Waals surface area contributed by atoms with Crippen LogP contribution in [0.4, 0.5) is 0 Å². The molecule has 0 aliphatic carbocycles. The SMILES string of the molecule is N#Cc1ccc(-c2ccc(OC(=O)c3cccc(-n4cnnn4)c3)cc2)cc1. The van der Waals surface area contributed by atoms with E-state index in [4.69, 9.17) is 10.00 Å². The Balaban J connectivity index is 1.49. The number of benzene rings is 3. The molecule has 0 bridgehead atoms. The van der Waals surface area contributed by atoms with Crippen molar-refractivity contribution in [2.75, 3.05) is 0 Å². The lowest BCUT2D eigenvalue weighted by Crippen LogP contribution is -2.09. The largest absolute Gasteiger partial charge is 0.423 e. The maximum absolute atomic E-state index is 12.4. The monoisotopic (exact) mass is 367 g/mol. The van der Waals surface area contributed by atoms with E-state index < -0.39 is 5.97 Å². The van der Waals surface area contributed by atoms with Crippen molar-refractivity contribution in [3.8, 4) is 28.6 Å². The van der Waals surface area contributed by atoms with E-state index >= 15 is 0 Å². The number of tetrazole rings is 1. The van der Waals surface area contributed by atoms with Crippen molar-refractivity contribution >= 4 is 5.97 Å². The van der Waals surface area contributed by atoms with Crippen LogP contribution in [0.3, 0.4) is 0 Å². The number of ether oxygens (including phenoxy) is 1. The molecular formula is C21H13N5O2. The van der Waals surface area contributed by atoms with Gasteiger partial charge in [-0.15, -0.1) is 5.10 Å². The molecule has 0 aliphatic heterocycles. The first-order valence-corrected chi connectivity index (χ1v) is 8.39. The fourth-order valence-corrected chi connectivity index (χ4v) is 2.67. The molecule has 7 nitrogen and oxygen atoms in total. The van der Waals surface area contributed by atoms with Crippen LogP contribution in [0, 0.1) is 11.3 Å². The van der Waals surface area contributed by atoms with Gasteiger partial charge in [-0.05, 0) is 64.0 Å². The first kappa shape index (κ1) is 17.1. The molecule has 0 atom stereocenters. The van der Waals surface area contributed by atoms with E-state index in [1.807, 2.05) is 24.3 Å². The topological polar surface area (TPSA) is 93.7 Å². The Morgan fingerprint density at radius 2 is 1.68 bits per heavy atom. The van der Waals surface area contributed by atoms with Crippen molar-refractivity contribution in [3.63, 3.8) is 0 Å². The highest BCUT2D eigenvalue weighted by Crippen LogP contribution is 2.23. The minimum atomic E-state index is -0.471. The number of hydrogen-bond donors (Lipinski definition) is 0. The van der Waals surface area contributed by atoms with Gasteiger partial charge >= 0.3 is 5.97 Å². The standard InChI is InChI=1S/C21H13N5O2/c22-13-15-4-6-16(7-5-15)17-8-10-20(11-9-17)28-21(27)18-2-1-3-19(12-18)26-14-23-24-25-26/h1-12,14H. The molecule has 3 aromatic carbocycles. The molecule has 0 unspecified atom stereocenters. The van der Waals surface area contributed by atoms with Crippen LogP contribution in [0.1, 0.15) is 15.9 Å². The molecule has 0 amide bonds. The molecule has 1 heterocycles. The van der Waals surface area contributed by atoms with Gasteiger partial charge in [0, 0.05) is 0 Å². The van der Waals surface area contributed by atoms with Crippen LogP contribution in [0.2, 0.25) is 0 Å². The molecule has 0 saturated carbocycles. The van der Waals surface area contributed by atoms with Gasteiger partial charge in [0.05, 0.1) is 22.9 Å². The zero-order chi connectivity index (χ0) is 19.3. The molecule has 0 N–H and O–H groups in total. The second kappa shape index (κ2) is 7.51. The Morgan fingerprint density at radius 3 is 2.32 bits per heavy atom. The molecule has 28 heavy (non-hydrogen) atoms. The van der Waals surface area contributed by atoms with Crippen molar-refractivity contribution in [3.05, 3.63) is 90.3 Å². The lowest BCUT2D eigenvalue weighted by atomic mass is 10.0. The number of carbonyl (C=O) groups excluding carboxylic acids is 1. The average Bonchev–Trinajstić information content (AvgIpc) is 3.29. The first-order chi connectivity index (χ1) is 13.7. The number of nitrogens with zero attached hydrogens (tertiary/aromatic N) is 5. The van der Waals surface area contributed by atoms with Crippen LogP contribution in [-0.4, -0.2) is 26.2 Å². The smallest absolute Gasteiger partial charge is 0.343 e. The first-order valence-electron chi connectivity index (χ1n) is 8.39. The van der Waals surface area contributed by atoms with E-state index in [-0.39, 0.29) is 0 Å². The van der Waals surface area contributed by atoms with Gasteiger partial charge in [-0.3, -0.25) is 0 Å². The lowest BCUT2D eigenvalue weighted by Gasteiger charge is -2.07. The summed E-state index contributed by atoms with van der Waals surface area (Å²) in [7, 11) is 0. The molecule has 0 aliphatic rings. The number of esters is 1. The number of hydrogen-bond acceptors (Lipinski definition) is 6. The summed E-state index contributed by atoms with van der Waals surface area (Å²) in [6.07, 6.45) is 1.45. The summed E-state index contributed by atoms with van der Waals surface area (Å²) >= 11 is 0. The van der Waals surface area contributed by atoms with Crippen molar-refractivity contribution in [2.45, 2.75) is 0 Å². The maximum Gasteiger partial charge on any atom is 0.343 e. The third kappa shape index (κ3) is 3.61. The fourth-order valence-electron chi connectivity index (χ4n) is 2.67. The second-order valence-corrected chi connectivity index (χ2v) is 5.91. The zero-order valence-electron chi connectivity index (χ0n) is 14.6. The summed E-state index contributed by atoms with van der Waals surface area (Å²) in [4.78, 5) is 12.4. The zero-order valence-corrected chi connectivity index (χ0v) is 14.6. The molecule has 0 radical (unpaired) electrons. The van der Waals surface area contributed by atoms with Crippen LogP contribution < -0.4 is 4.74 Å². The predicted octanol–water partition coefficient (Wildman–Crippen LogP) is 3.42. The second-order valence-electron chi connectivity index (χ2n) is 5.91. The van der Waals surface area contributed by atoms with Gasteiger partial charge in [0.25, 0.3) is 0 Å². The van der Waals surface area contributed by atoms with E-state index in [0.717, 1.165) is 11.1 Å². The molecular weight excluding hydrogens is 354 g/mol. The van der Waals surface area contributed by atoms with Gasteiger partial charge in [0.2, 0.25) is 0 Å². The van der Waals surface area contributed by atoms with Crippen LogP contribution in [0.15, 0.2) is 79.1 Å². The highest BCUT2D eigenvalue weighted by molar-refractivity contribution is 5.91. The summed E-state index contributed by atoms with van der Waals surface area (Å²) in [5, 5.41) is 19.8. The van der Waals surface area contributed by atoms with Crippen molar-refractivity contribution in [2.24, 2.45) is 0 Å². The minimum absolute atomic E-state index is 0.393. The minimum Gasteiger partial charge on any atom is -0.423 e. The van der Waals surface area contributed by atoms with E-state index in [2.05, 4.69) is 21.6 Å². The lowest BCUT2D eigenvalue weighted by molar-refractivity contribution is 0.0734. The fraction of sp³-hybridized carbons (Fsp3) is 0. The summed E-state index contributed by atoms with van der Waals surface area (Å²) in [5.41, 5.74) is 3.61. The Labute approximate surface area is 160 Å². The van der Waals surface area contributed by atoms with Crippen LogP contribution >= 0.6 is 0 Å². The normalized spacial score (nSPS) is 10.2. The highest BCUT2D eigenvalue weighted by atomic mass is 16.5. The van der Waals surface area contributed by atoms with Gasteiger partial charge in [-0.1, -0.05) is 30.3 Å². The Morgan fingerprint density at radius 1 is 0.964 bits per heavy atom. The summed E-state index contributed by atoms with van der Waals surface area (Å²) < 4.78 is 6.92. The van der Waals surface area contributed by atoms with E-state index in [1.165, 1.54) is 11.0 Å². The van der Waals surface area contributed by atoms with Gasteiger partial charge in [0.15, 0.2) is 0 Å². The van der Waals surface area contributed by atoms with Crippen LogP contribution in [-0.2, 0) is 0 Å². The number of carbonyl (C=O) groups is 1. The molecule has 7 heteroatoms. The van der Waals surface area contributed by atoms with E-state index in [0.29, 0.717) is 22.6 Å². The Hall–Kier alpha value is -4.31. The summed E-state index contributed by atoms with van der Waals surface area (Å²) in [6, 6.07) is 23.4. The quantitative estimate of drug-likeness (QED) is 0.405. The molecule has 1 aromatic heterocycles. The predicted molar refractivity (Wildman–Crippen MR) is 101 cm³/mol. The molecule has 0 saturated heterocycles. The van der Waals surface area contributed by atoms with Gasteiger partial charge in [-0.2, -0.15) is 5.26 Å². The summed E-state index contributed by atoms with van der Waals surface area (Å²) in [6.45, 7) is 0. The molecule has 4 rings (SSSR count). The molecule has 134 valence electrons. The highest BCUT2D eigenvalue weighted by Gasteiger charge is 2.10. The van der Waals surface area contributed by atoms with Crippen molar-refractivity contribution in [1.82, 2.24) is 20.2 Å². The Bertz CT molecular complexity index is 1140. The van der Waals surface area contributed by atoms with Crippen molar-refractivity contribution in [1.29, 1.82) is 5.26 Å². The summed E-state index contributed by atoms with van der Waals surface area (Å²) in [5.74, 6) is -0.0312. The molecule has 0 fully saturated rings. The third-order valence-electron chi connectivity index (χ3n) is 4.11.